The highest BCUT2D eigenvalue weighted by Gasteiger charge is 2.35. The number of imide groups is 1. The summed E-state index contributed by atoms with van der Waals surface area (Å²) in [4.78, 5) is 38.6. The van der Waals surface area contributed by atoms with E-state index in [-0.39, 0.29) is 30.9 Å². The van der Waals surface area contributed by atoms with E-state index in [1.807, 2.05) is 6.08 Å². The molecule has 2 heterocycles. The molecule has 0 unspecified atom stereocenters. The number of carbonyl (C=O) groups excluding carboxylic acids is 3. The van der Waals surface area contributed by atoms with Crippen molar-refractivity contribution in [2.45, 2.75) is 32.1 Å². The molecule has 3 amide bonds. The number of halogens is 4. The number of amides is 3. The summed E-state index contributed by atoms with van der Waals surface area (Å²) < 4.78 is 58.4. The van der Waals surface area contributed by atoms with Gasteiger partial charge in [0.2, 0.25) is 5.91 Å². The first-order chi connectivity index (χ1) is 15.2. The predicted octanol–water partition coefficient (Wildman–Crippen LogP) is 2.18. The lowest BCUT2D eigenvalue weighted by atomic mass is 10.0. The number of ether oxygens (including phenoxy) is 2. The summed E-state index contributed by atoms with van der Waals surface area (Å²) in [5, 5.41) is 5.40. The zero-order valence-corrected chi connectivity index (χ0v) is 16.5. The minimum atomic E-state index is -3.34. The summed E-state index contributed by atoms with van der Waals surface area (Å²) in [6.45, 7) is -6.03. The maximum Gasteiger partial charge on any atom is 0.387 e. The van der Waals surface area contributed by atoms with Crippen molar-refractivity contribution < 1.29 is 41.4 Å². The second kappa shape index (κ2) is 10.2. The number of benzene rings is 1. The molecule has 32 heavy (non-hydrogen) atoms. The fraction of sp³-hybridized carbons (Fsp3) is 0.350. The van der Waals surface area contributed by atoms with Crippen molar-refractivity contribution in [2.75, 3.05) is 13.1 Å². The van der Waals surface area contributed by atoms with E-state index in [1.54, 1.807) is 12.3 Å². The predicted molar refractivity (Wildman–Crippen MR) is 102 cm³/mol. The van der Waals surface area contributed by atoms with Crippen molar-refractivity contribution in [2.24, 2.45) is 0 Å². The van der Waals surface area contributed by atoms with Gasteiger partial charge in [-0.25, -0.2) is 0 Å². The Labute approximate surface area is 179 Å². The lowest BCUT2D eigenvalue weighted by molar-refractivity contribution is -0.149. The first kappa shape index (κ1) is 23.1. The molecule has 2 N–H and O–H groups in total. The van der Waals surface area contributed by atoms with E-state index >= 15 is 0 Å². The Hall–Kier alpha value is -3.57. The number of piperidine rings is 1. The molecule has 0 bridgehead atoms. The Balaban J connectivity index is 1.72. The SMILES string of the molecule is O=C(N[C@H]1CCC(=O)N(CC2=CCNC=C2)C1=O)c1ccc(OC(F)F)c(OC(F)F)c1. The minimum absolute atomic E-state index is 0.0207. The van der Waals surface area contributed by atoms with Gasteiger partial charge < -0.3 is 20.1 Å². The van der Waals surface area contributed by atoms with E-state index in [0.29, 0.717) is 6.54 Å². The molecule has 1 aromatic carbocycles. The number of hydrogen-bond acceptors (Lipinski definition) is 6. The number of nitrogens with one attached hydrogen (secondary N) is 2. The average molecular weight is 457 g/mol. The highest BCUT2D eigenvalue weighted by atomic mass is 19.3. The Bertz CT molecular complexity index is 951. The Morgan fingerprint density at radius 1 is 1.16 bits per heavy atom. The molecule has 1 atom stereocenters. The van der Waals surface area contributed by atoms with Crippen LogP contribution in [0.15, 0.2) is 42.1 Å². The number of alkyl halides is 4. The van der Waals surface area contributed by atoms with E-state index < -0.39 is 42.6 Å². The lowest BCUT2D eigenvalue weighted by Gasteiger charge is -2.31. The number of dihydropyridines is 1. The van der Waals surface area contributed by atoms with Gasteiger partial charge in [-0.05, 0) is 42.5 Å². The van der Waals surface area contributed by atoms with E-state index in [0.717, 1.165) is 28.7 Å². The van der Waals surface area contributed by atoms with Crippen molar-refractivity contribution in [1.82, 2.24) is 15.5 Å². The maximum atomic E-state index is 12.8. The lowest BCUT2D eigenvalue weighted by Crippen LogP contribution is -2.54. The van der Waals surface area contributed by atoms with Crippen molar-refractivity contribution in [3.8, 4) is 11.5 Å². The Morgan fingerprint density at radius 2 is 1.88 bits per heavy atom. The average Bonchev–Trinajstić information content (AvgIpc) is 2.74. The van der Waals surface area contributed by atoms with Crippen LogP contribution in [-0.2, 0) is 9.59 Å². The summed E-state index contributed by atoms with van der Waals surface area (Å²) in [6, 6.07) is 1.72. The third-order valence-corrected chi connectivity index (χ3v) is 4.69. The first-order valence-electron chi connectivity index (χ1n) is 9.52. The number of nitrogens with zero attached hydrogens (tertiary/aromatic N) is 1. The molecule has 12 heteroatoms. The quantitative estimate of drug-likeness (QED) is 0.459. The minimum Gasteiger partial charge on any atom is -0.431 e. The molecule has 8 nitrogen and oxygen atoms in total. The van der Waals surface area contributed by atoms with Crippen LogP contribution in [0.1, 0.15) is 23.2 Å². The van der Waals surface area contributed by atoms with Crippen LogP contribution in [0.5, 0.6) is 11.5 Å². The fourth-order valence-electron chi connectivity index (χ4n) is 3.20. The first-order valence-corrected chi connectivity index (χ1v) is 9.52. The summed E-state index contributed by atoms with van der Waals surface area (Å²) in [5.74, 6) is -3.25. The molecule has 2 aliphatic rings. The Kier molecular flexibility index (Phi) is 7.33. The van der Waals surface area contributed by atoms with Crippen LogP contribution in [0, 0.1) is 0 Å². The molecule has 3 rings (SSSR count). The Morgan fingerprint density at radius 3 is 2.53 bits per heavy atom. The number of carbonyl (C=O) groups is 3. The van der Waals surface area contributed by atoms with Gasteiger partial charge in [-0.2, -0.15) is 17.6 Å². The molecule has 1 fully saturated rings. The molecule has 172 valence electrons. The van der Waals surface area contributed by atoms with Gasteiger partial charge in [-0.3, -0.25) is 19.3 Å². The molecular weight excluding hydrogens is 438 g/mol. The monoisotopic (exact) mass is 457 g/mol. The van der Waals surface area contributed by atoms with Gasteiger partial charge in [-0.15, -0.1) is 0 Å². The van der Waals surface area contributed by atoms with Crippen molar-refractivity contribution in [3.63, 3.8) is 0 Å². The normalized spacial score (nSPS) is 18.5. The second-order valence-electron chi connectivity index (χ2n) is 6.82. The summed E-state index contributed by atoms with van der Waals surface area (Å²) in [5.41, 5.74) is 0.531. The third kappa shape index (κ3) is 5.77. The summed E-state index contributed by atoms with van der Waals surface area (Å²) >= 11 is 0. The third-order valence-electron chi connectivity index (χ3n) is 4.69. The van der Waals surface area contributed by atoms with E-state index in [1.165, 1.54) is 0 Å². The van der Waals surface area contributed by atoms with Crippen molar-refractivity contribution in [1.29, 1.82) is 0 Å². The van der Waals surface area contributed by atoms with Crippen LogP contribution in [0.2, 0.25) is 0 Å². The van der Waals surface area contributed by atoms with Crippen LogP contribution in [-0.4, -0.2) is 55.0 Å². The maximum absolute atomic E-state index is 12.8. The van der Waals surface area contributed by atoms with E-state index in [9.17, 15) is 31.9 Å². The van der Waals surface area contributed by atoms with Crippen LogP contribution in [0.4, 0.5) is 17.6 Å². The van der Waals surface area contributed by atoms with E-state index in [4.69, 9.17) is 0 Å². The number of likely N-dealkylation sites (tertiary alicyclic amines) is 1. The number of rotatable bonds is 8. The highest BCUT2D eigenvalue weighted by molar-refractivity contribution is 6.04. The van der Waals surface area contributed by atoms with Crippen LogP contribution in [0.25, 0.3) is 0 Å². The van der Waals surface area contributed by atoms with Crippen LogP contribution < -0.4 is 20.1 Å². The molecule has 0 aromatic heterocycles. The van der Waals surface area contributed by atoms with Crippen LogP contribution in [0.3, 0.4) is 0 Å². The van der Waals surface area contributed by atoms with Crippen LogP contribution >= 0.6 is 0 Å². The molecule has 1 saturated heterocycles. The van der Waals surface area contributed by atoms with Gasteiger partial charge in [0, 0.05) is 18.5 Å². The molecule has 0 spiro atoms. The van der Waals surface area contributed by atoms with Gasteiger partial charge in [-0.1, -0.05) is 6.08 Å². The zero-order valence-electron chi connectivity index (χ0n) is 16.5. The van der Waals surface area contributed by atoms with Gasteiger partial charge in [0.25, 0.3) is 11.8 Å². The van der Waals surface area contributed by atoms with Crippen molar-refractivity contribution in [3.05, 3.63) is 47.7 Å². The fourth-order valence-corrected chi connectivity index (χ4v) is 3.20. The van der Waals surface area contributed by atoms with Crippen molar-refractivity contribution >= 4 is 17.7 Å². The highest BCUT2D eigenvalue weighted by Crippen LogP contribution is 2.31. The second-order valence-corrected chi connectivity index (χ2v) is 6.82. The largest absolute Gasteiger partial charge is 0.431 e. The molecule has 0 radical (unpaired) electrons. The smallest absolute Gasteiger partial charge is 0.387 e. The molecule has 1 aromatic rings. The van der Waals surface area contributed by atoms with Gasteiger partial charge in [0.15, 0.2) is 11.5 Å². The molecular formula is C20H19F4N3O5. The standard InChI is InChI=1S/C20H19F4N3O5/c21-19(22)31-14-3-1-12(9-15(14)32-20(23)24)17(29)26-13-2-4-16(28)27(18(13)30)10-11-5-7-25-8-6-11/h1,3,5-7,9,13,19-20,25H,2,4,8,10H2,(H,26,29)/t13-/m0/s1. The topological polar surface area (TPSA) is 97.0 Å². The zero-order chi connectivity index (χ0) is 23.3. The summed E-state index contributed by atoms with van der Waals surface area (Å²) in [7, 11) is 0. The number of hydrogen-bond donors (Lipinski definition) is 2. The molecule has 0 saturated carbocycles. The molecule has 2 aliphatic heterocycles. The molecule has 0 aliphatic carbocycles. The van der Waals surface area contributed by atoms with E-state index in [2.05, 4.69) is 20.1 Å². The van der Waals surface area contributed by atoms with Gasteiger partial charge in [0.05, 0.1) is 6.54 Å². The van der Waals surface area contributed by atoms with Gasteiger partial charge >= 0.3 is 13.2 Å². The van der Waals surface area contributed by atoms with Gasteiger partial charge in [0.1, 0.15) is 6.04 Å². The summed E-state index contributed by atoms with van der Waals surface area (Å²) in [6.07, 6.45) is 5.31.